The summed E-state index contributed by atoms with van der Waals surface area (Å²) in [5, 5.41) is 11.8. The second-order valence-electron chi connectivity index (χ2n) is 5.76. The summed E-state index contributed by atoms with van der Waals surface area (Å²) in [5.74, 6) is -0.203. The van der Waals surface area contributed by atoms with Crippen molar-refractivity contribution in [1.82, 2.24) is 24.9 Å². The molecule has 3 rings (SSSR count). The number of nitrogens with one attached hydrogen (secondary N) is 1. The molecular weight excluding hydrogens is 382 g/mol. The number of hydrogen-bond acceptors (Lipinski definition) is 3. The number of carbonyl (C=O) groups excluding carboxylic acids is 1. The van der Waals surface area contributed by atoms with Gasteiger partial charge in [0.2, 0.25) is 0 Å². The van der Waals surface area contributed by atoms with Gasteiger partial charge >= 0.3 is 0 Å². The highest BCUT2D eigenvalue weighted by atomic mass is 79.9. The zero-order valence-electron chi connectivity index (χ0n) is 14.5. The maximum atomic E-state index is 12.4. The van der Waals surface area contributed by atoms with E-state index in [-0.39, 0.29) is 5.91 Å². The Balaban J connectivity index is 1.78. The first-order chi connectivity index (χ1) is 12.0. The summed E-state index contributed by atoms with van der Waals surface area (Å²) in [7, 11) is 0. The van der Waals surface area contributed by atoms with Crippen LogP contribution in [0.3, 0.4) is 0 Å². The van der Waals surface area contributed by atoms with Gasteiger partial charge in [0.25, 0.3) is 5.91 Å². The number of amides is 1. The van der Waals surface area contributed by atoms with Crippen LogP contribution in [0.15, 0.2) is 41.0 Å². The van der Waals surface area contributed by atoms with Crippen LogP contribution in [0.4, 0.5) is 0 Å². The molecule has 2 heterocycles. The number of benzene rings is 1. The van der Waals surface area contributed by atoms with Crippen molar-refractivity contribution in [2.45, 2.75) is 33.9 Å². The molecule has 1 aromatic carbocycles. The van der Waals surface area contributed by atoms with Crippen molar-refractivity contribution in [3.8, 4) is 5.69 Å². The molecule has 1 amide bonds. The predicted octanol–water partition coefficient (Wildman–Crippen LogP) is 3.40. The largest absolute Gasteiger partial charge is 0.346 e. The first kappa shape index (κ1) is 17.4. The van der Waals surface area contributed by atoms with Crippen molar-refractivity contribution in [2.75, 3.05) is 0 Å². The van der Waals surface area contributed by atoms with Crippen LogP contribution in [0.1, 0.15) is 34.4 Å². The van der Waals surface area contributed by atoms with Gasteiger partial charge in [0.15, 0.2) is 5.69 Å². The fourth-order valence-corrected chi connectivity index (χ4v) is 3.21. The molecule has 0 unspecified atom stereocenters. The molecule has 2 aromatic heterocycles. The van der Waals surface area contributed by atoms with Gasteiger partial charge in [-0.05, 0) is 48.8 Å². The third-order valence-corrected chi connectivity index (χ3v) is 4.70. The summed E-state index contributed by atoms with van der Waals surface area (Å²) in [6.45, 7) is 7.07. The van der Waals surface area contributed by atoms with E-state index < -0.39 is 0 Å². The number of halogens is 1. The number of carbonyl (C=O) groups is 1. The van der Waals surface area contributed by atoms with E-state index in [1.807, 2.05) is 55.8 Å². The van der Waals surface area contributed by atoms with Crippen LogP contribution in [0.5, 0.6) is 0 Å². The summed E-state index contributed by atoms with van der Waals surface area (Å²) >= 11 is 3.39. The number of rotatable bonds is 5. The molecule has 0 saturated heterocycles. The van der Waals surface area contributed by atoms with Gasteiger partial charge in [0.1, 0.15) is 0 Å². The Bertz CT molecular complexity index is 898. The van der Waals surface area contributed by atoms with E-state index in [9.17, 15) is 4.79 Å². The molecule has 130 valence electrons. The number of aryl methyl sites for hydroxylation is 2. The fourth-order valence-electron chi connectivity index (χ4n) is 2.72. The van der Waals surface area contributed by atoms with Gasteiger partial charge < -0.3 is 5.32 Å². The summed E-state index contributed by atoms with van der Waals surface area (Å²) in [5.41, 5.74) is 4.34. The predicted molar refractivity (Wildman–Crippen MR) is 99.8 cm³/mol. The van der Waals surface area contributed by atoms with Crippen LogP contribution in [0, 0.1) is 13.8 Å². The highest BCUT2D eigenvalue weighted by molar-refractivity contribution is 9.10. The molecule has 0 radical (unpaired) electrons. The molecule has 7 heteroatoms. The Kier molecular flexibility index (Phi) is 5.03. The van der Waals surface area contributed by atoms with Gasteiger partial charge in [-0.25, -0.2) is 4.68 Å². The summed E-state index contributed by atoms with van der Waals surface area (Å²) in [6.07, 6.45) is 1.80. The van der Waals surface area contributed by atoms with Crippen molar-refractivity contribution in [2.24, 2.45) is 0 Å². The van der Waals surface area contributed by atoms with E-state index in [0.29, 0.717) is 23.3 Å². The maximum absolute atomic E-state index is 12.4. The van der Waals surface area contributed by atoms with Crippen molar-refractivity contribution in [3.63, 3.8) is 0 Å². The number of para-hydroxylation sites is 1. The van der Waals surface area contributed by atoms with Crippen LogP contribution in [0.25, 0.3) is 5.69 Å². The first-order valence-electron chi connectivity index (χ1n) is 8.13. The lowest BCUT2D eigenvalue weighted by atomic mass is 10.2. The van der Waals surface area contributed by atoms with Gasteiger partial charge in [-0.1, -0.05) is 18.2 Å². The Hall–Kier alpha value is -2.41. The van der Waals surface area contributed by atoms with Crippen molar-refractivity contribution >= 4 is 21.8 Å². The molecule has 0 saturated carbocycles. The number of hydrogen-bond donors (Lipinski definition) is 1. The average Bonchev–Trinajstić information content (AvgIpc) is 3.13. The summed E-state index contributed by atoms with van der Waals surface area (Å²) in [4.78, 5) is 12.4. The molecule has 0 fully saturated rings. The zero-order valence-corrected chi connectivity index (χ0v) is 16.0. The third-order valence-electron chi connectivity index (χ3n) is 4.12. The van der Waals surface area contributed by atoms with Crippen molar-refractivity contribution in [1.29, 1.82) is 0 Å². The second kappa shape index (κ2) is 7.23. The fraction of sp³-hybridized carbons (Fsp3) is 0.278. The van der Waals surface area contributed by atoms with E-state index in [4.69, 9.17) is 0 Å². The lowest BCUT2D eigenvalue weighted by Crippen LogP contribution is -2.24. The SMILES string of the molecule is CCn1cc(Br)c(C(=O)NCc2c(C)nn(-c3ccccc3)c2C)n1. The normalized spacial score (nSPS) is 10.9. The topological polar surface area (TPSA) is 64.7 Å². The molecule has 1 N–H and O–H groups in total. The van der Waals surface area contributed by atoms with E-state index in [1.54, 1.807) is 10.9 Å². The molecule has 25 heavy (non-hydrogen) atoms. The van der Waals surface area contributed by atoms with E-state index >= 15 is 0 Å². The standard InChI is InChI=1S/C18H20BrN5O/c1-4-23-11-16(19)17(22-23)18(25)20-10-15-12(2)21-24(13(15)3)14-8-6-5-7-9-14/h5-9,11H,4,10H2,1-3H3,(H,20,25). The van der Waals surface area contributed by atoms with Gasteiger partial charge in [0, 0.05) is 30.5 Å². The van der Waals surface area contributed by atoms with Crippen molar-refractivity contribution < 1.29 is 4.79 Å². The highest BCUT2D eigenvalue weighted by Gasteiger charge is 2.17. The monoisotopic (exact) mass is 401 g/mol. The zero-order chi connectivity index (χ0) is 18.0. The Labute approximate surface area is 155 Å². The van der Waals surface area contributed by atoms with Gasteiger partial charge in [0.05, 0.1) is 15.9 Å². The van der Waals surface area contributed by atoms with E-state index in [1.165, 1.54) is 0 Å². The minimum atomic E-state index is -0.203. The number of nitrogens with zero attached hydrogens (tertiary/aromatic N) is 4. The summed E-state index contributed by atoms with van der Waals surface area (Å²) in [6, 6.07) is 9.96. The minimum Gasteiger partial charge on any atom is -0.346 e. The van der Waals surface area contributed by atoms with Gasteiger partial charge in [-0.15, -0.1) is 0 Å². The molecule has 0 aliphatic rings. The maximum Gasteiger partial charge on any atom is 0.273 e. The molecule has 0 bridgehead atoms. The molecular formula is C18H20BrN5O. The average molecular weight is 402 g/mol. The summed E-state index contributed by atoms with van der Waals surface area (Å²) < 4.78 is 4.32. The number of aromatic nitrogens is 4. The van der Waals surface area contributed by atoms with Crippen LogP contribution >= 0.6 is 15.9 Å². The Morgan fingerprint density at radius 1 is 1.20 bits per heavy atom. The van der Waals surface area contributed by atoms with Crippen LogP contribution in [-0.2, 0) is 13.1 Å². The Morgan fingerprint density at radius 2 is 1.92 bits per heavy atom. The molecule has 6 nitrogen and oxygen atoms in total. The second-order valence-corrected chi connectivity index (χ2v) is 6.62. The lowest BCUT2D eigenvalue weighted by Gasteiger charge is -2.06. The minimum absolute atomic E-state index is 0.203. The van der Waals surface area contributed by atoms with Crippen LogP contribution in [-0.4, -0.2) is 25.5 Å². The Morgan fingerprint density at radius 3 is 2.56 bits per heavy atom. The molecule has 0 aliphatic carbocycles. The smallest absolute Gasteiger partial charge is 0.273 e. The van der Waals surface area contributed by atoms with E-state index in [2.05, 4.69) is 31.4 Å². The highest BCUT2D eigenvalue weighted by Crippen LogP contribution is 2.19. The van der Waals surface area contributed by atoms with E-state index in [0.717, 1.165) is 22.6 Å². The molecule has 0 spiro atoms. The lowest BCUT2D eigenvalue weighted by molar-refractivity contribution is 0.0944. The molecule has 3 aromatic rings. The van der Waals surface area contributed by atoms with Crippen LogP contribution in [0.2, 0.25) is 0 Å². The quantitative estimate of drug-likeness (QED) is 0.712. The first-order valence-corrected chi connectivity index (χ1v) is 8.92. The van der Waals surface area contributed by atoms with Gasteiger partial charge in [-0.3, -0.25) is 9.48 Å². The van der Waals surface area contributed by atoms with Crippen LogP contribution < -0.4 is 5.32 Å². The molecule has 0 atom stereocenters. The third kappa shape index (κ3) is 3.51. The van der Waals surface area contributed by atoms with Gasteiger partial charge in [-0.2, -0.15) is 10.2 Å². The van der Waals surface area contributed by atoms with Crippen molar-refractivity contribution in [3.05, 3.63) is 63.6 Å². The molecule has 0 aliphatic heterocycles.